The molecule has 0 aromatic heterocycles. The van der Waals surface area contributed by atoms with Crippen molar-refractivity contribution in [2.45, 2.75) is 31.7 Å². The predicted molar refractivity (Wildman–Crippen MR) is 129 cm³/mol. The maximum Gasteiger partial charge on any atom is 0.411 e. The first-order valence-corrected chi connectivity index (χ1v) is 11.2. The Morgan fingerprint density at radius 3 is 2.21 bits per heavy atom. The molecule has 3 aromatic rings. The van der Waals surface area contributed by atoms with E-state index in [2.05, 4.69) is 22.8 Å². The van der Waals surface area contributed by atoms with Gasteiger partial charge in [-0.25, -0.2) is 9.59 Å². The van der Waals surface area contributed by atoms with Crippen LogP contribution in [0, 0.1) is 0 Å². The third kappa shape index (κ3) is 4.93. The molecule has 3 N–H and O–H groups in total. The summed E-state index contributed by atoms with van der Waals surface area (Å²) >= 11 is 0. The number of benzene rings is 3. The van der Waals surface area contributed by atoms with Crippen molar-refractivity contribution in [1.82, 2.24) is 5.32 Å². The average molecular weight is 459 g/mol. The first-order chi connectivity index (χ1) is 16.5. The molecule has 1 aliphatic carbocycles. The van der Waals surface area contributed by atoms with Crippen LogP contribution in [0.4, 0.5) is 10.5 Å². The van der Waals surface area contributed by atoms with Gasteiger partial charge < -0.3 is 15.2 Å². The van der Waals surface area contributed by atoms with E-state index in [0.29, 0.717) is 18.5 Å². The second kappa shape index (κ2) is 10.2. The van der Waals surface area contributed by atoms with Gasteiger partial charge in [0.1, 0.15) is 12.6 Å². The maximum atomic E-state index is 12.5. The van der Waals surface area contributed by atoms with Crippen LogP contribution in [0.2, 0.25) is 0 Å². The molecular weight excluding hydrogens is 432 g/mol. The summed E-state index contributed by atoms with van der Waals surface area (Å²) in [5, 5.41) is 14.4. The number of carboxylic acids is 1. The van der Waals surface area contributed by atoms with E-state index in [4.69, 9.17) is 4.74 Å². The zero-order valence-electron chi connectivity index (χ0n) is 18.8. The minimum Gasteiger partial charge on any atom is -0.480 e. The van der Waals surface area contributed by atoms with Gasteiger partial charge in [-0.2, -0.15) is 0 Å². The van der Waals surface area contributed by atoms with Crippen LogP contribution in [-0.4, -0.2) is 35.7 Å². The molecule has 174 valence electrons. The van der Waals surface area contributed by atoms with Gasteiger partial charge in [0.25, 0.3) is 5.91 Å². The number of amides is 2. The Hall–Kier alpha value is -4.13. The quantitative estimate of drug-likeness (QED) is 0.439. The second-order valence-corrected chi connectivity index (χ2v) is 8.18. The van der Waals surface area contributed by atoms with E-state index in [0.717, 1.165) is 22.3 Å². The largest absolute Gasteiger partial charge is 0.480 e. The molecule has 0 heterocycles. The zero-order chi connectivity index (χ0) is 24.1. The normalized spacial score (nSPS) is 12.9. The SMILES string of the molecule is CCCC(NC(=O)c1cccc(NC(=O)OCC2c3ccccc3-c3ccccc32)c1)C(=O)O. The van der Waals surface area contributed by atoms with Gasteiger partial charge in [-0.05, 0) is 46.9 Å². The molecule has 3 aromatic carbocycles. The van der Waals surface area contributed by atoms with Gasteiger partial charge in [-0.15, -0.1) is 0 Å². The highest BCUT2D eigenvalue weighted by molar-refractivity contribution is 5.98. The fourth-order valence-corrected chi connectivity index (χ4v) is 4.28. The van der Waals surface area contributed by atoms with Crippen molar-refractivity contribution in [1.29, 1.82) is 0 Å². The molecule has 1 atom stereocenters. The number of hydrogen-bond acceptors (Lipinski definition) is 4. The number of carbonyl (C=O) groups is 3. The van der Waals surface area contributed by atoms with Crippen LogP contribution >= 0.6 is 0 Å². The van der Waals surface area contributed by atoms with Crippen LogP contribution in [0.25, 0.3) is 11.1 Å². The smallest absolute Gasteiger partial charge is 0.411 e. The Morgan fingerprint density at radius 2 is 1.59 bits per heavy atom. The van der Waals surface area contributed by atoms with Crippen molar-refractivity contribution in [2.75, 3.05) is 11.9 Å². The van der Waals surface area contributed by atoms with Crippen LogP contribution in [-0.2, 0) is 9.53 Å². The van der Waals surface area contributed by atoms with Gasteiger partial charge in [-0.1, -0.05) is 67.9 Å². The molecule has 34 heavy (non-hydrogen) atoms. The number of anilines is 1. The number of ether oxygens (including phenoxy) is 1. The van der Waals surface area contributed by atoms with E-state index >= 15 is 0 Å². The third-order valence-electron chi connectivity index (χ3n) is 5.90. The molecule has 7 heteroatoms. The van der Waals surface area contributed by atoms with Gasteiger partial charge in [0.15, 0.2) is 0 Å². The summed E-state index contributed by atoms with van der Waals surface area (Å²) in [4.78, 5) is 36.3. The summed E-state index contributed by atoms with van der Waals surface area (Å²) in [5.41, 5.74) is 5.17. The molecule has 1 unspecified atom stereocenters. The van der Waals surface area contributed by atoms with Crippen LogP contribution in [0.1, 0.15) is 47.2 Å². The van der Waals surface area contributed by atoms with Crippen LogP contribution in [0.3, 0.4) is 0 Å². The first kappa shape index (κ1) is 23.0. The highest BCUT2D eigenvalue weighted by Crippen LogP contribution is 2.44. The highest BCUT2D eigenvalue weighted by atomic mass is 16.5. The van der Waals surface area contributed by atoms with Gasteiger partial charge >= 0.3 is 12.1 Å². The van der Waals surface area contributed by atoms with E-state index in [-0.39, 0.29) is 18.1 Å². The lowest BCUT2D eigenvalue weighted by Crippen LogP contribution is -2.40. The summed E-state index contributed by atoms with van der Waals surface area (Å²) < 4.78 is 5.54. The number of hydrogen-bond donors (Lipinski definition) is 3. The molecular formula is C27H26N2O5. The van der Waals surface area contributed by atoms with Crippen molar-refractivity contribution in [3.05, 3.63) is 89.5 Å². The Bertz CT molecular complexity index is 1180. The monoisotopic (exact) mass is 458 g/mol. The Labute approximate surface area is 197 Å². The van der Waals surface area contributed by atoms with E-state index in [1.165, 1.54) is 6.07 Å². The predicted octanol–water partition coefficient (Wildman–Crippen LogP) is 5.03. The van der Waals surface area contributed by atoms with E-state index in [1.807, 2.05) is 43.3 Å². The van der Waals surface area contributed by atoms with Gasteiger partial charge in [0.2, 0.25) is 0 Å². The van der Waals surface area contributed by atoms with Crippen LogP contribution < -0.4 is 10.6 Å². The fourth-order valence-electron chi connectivity index (χ4n) is 4.28. The summed E-state index contributed by atoms with van der Waals surface area (Å²) in [5.74, 6) is -1.65. The Kier molecular flexibility index (Phi) is 6.92. The Morgan fingerprint density at radius 1 is 0.941 bits per heavy atom. The molecule has 0 bridgehead atoms. The minimum atomic E-state index is -1.08. The van der Waals surface area contributed by atoms with Crippen molar-refractivity contribution in [3.63, 3.8) is 0 Å². The molecule has 7 nitrogen and oxygen atoms in total. The van der Waals surface area contributed by atoms with Crippen LogP contribution in [0.15, 0.2) is 72.8 Å². The average Bonchev–Trinajstić information content (AvgIpc) is 3.16. The maximum absolute atomic E-state index is 12.5. The molecule has 0 aliphatic heterocycles. The lowest BCUT2D eigenvalue weighted by atomic mass is 9.98. The topological polar surface area (TPSA) is 105 Å². The molecule has 4 rings (SSSR count). The molecule has 0 saturated heterocycles. The number of fused-ring (bicyclic) bond motifs is 3. The van der Waals surface area contributed by atoms with E-state index in [9.17, 15) is 19.5 Å². The van der Waals surface area contributed by atoms with Gasteiger partial charge in [0, 0.05) is 17.2 Å². The summed E-state index contributed by atoms with van der Waals surface area (Å²) in [6.07, 6.45) is 0.327. The van der Waals surface area contributed by atoms with Gasteiger partial charge in [-0.3, -0.25) is 10.1 Å². The molecule has 0 spiro atoms. The second-order valence-electron chi connectivity index (χ2n) is 8.18. The lowest BCUT2D eigenvalue weighted by molar-refractivity contribution is -0.139. The number of nitrogens with one attached hydrogen (secondary N) is 2. The molecule has 1 aliphatic rings. The third-order valence-corrected chi connectivity index (χ3v) is 5.90. The number of rotatable bonds is 8. The van der Waals surface area contributed by atoms with E-state index < -0.39 is 24.0 Å². The molecule has 0 fully saturated rings. The first-order valence-electron chi connectivity index (χ1n) is 11.2. The van der Waals surface area contributed by atoms with Crippen LogP contribution in [0.5, 0.6) is 0 Å². The summed E-state index contributed by atoms with van der Waals surface area (Å²) in [6.45, 7) is 2.03. The minimum absolute atomic E-state index is 0.0539. The molecule has 0 radical (unpaired) electrons. The number of carbonyl (C=O) groups excluding carboxylic acids is 2. The molecule has 2 amide bonds. The number of carboxylic acid groups (broad SMARTS) is 1. The molecule has 0 saturated carbocycles. The standard InChI is InChI=1S/C27H26N2O5/c1-2-8-24(26(31)32)29-25(30)17-9-7-10-18(15-17)28-27(33)34-16-23-21-13-5-3-11-19(21)20-12-4-6-14-22(20)23/h3-7,9-15,23-24H,2,8,16H2,1H3,(H,28,33)(H,29,30)(H,31,32). The van der Waals surface area contributed by atoms with Crippen molar-refractivity contribution < 1.29 is 24.2 Å². The lowest BCUT2D eigenvalue weighted by Gasteiger charge is -2.15. The summed E-state index contributed by atoms with van der Waals surface area (Å²) in [6, 6.07) is 21.5. The number of aliphatic carboxylic acids is 1. The fraction of sp³-hybridized carbons (Fsp3) is 0.222. The highest BCUT2D eigenvalue weighted by Gasteiger charge is 2.29. The van der Waals surface area contributed by atoms with E-state index in [1.54, 1.807) is 18.2 Å². The summed E-state index contributed by atoms with van der Waals surface area (Å²) in [7, 11) is 0. The van der Waals surface area contributed by atoms with Crippen molar-refractivity contribution in [3.8, 4) is 11.1 Å². The van der Waals surface area contributed by atoms with Crippen molar-refractivity contribution >= 4 is 23.7 Å². The van der Waals surface area contributed by atoms with Gasteiger partial charge in [0.05, 0.1) is 0 Å². The zero-order valence-corrected chi connectivity index (χ0v) is 18.8. The van der Waals surface area contributed by atoms with Crippen molar-refractivity contribution in [2.24, 2.45) is 0 Å². The Balaban J connectivity index is 1.40.